The minimum Gasteiger partial charge on any atom is -0.495 e. The SMILES string of the molecule is COc1cccc(-c2cc(=O)c3cc(Cl)cc(NCc4ccccc4)c3o2)c1N. The normalized spacial score (nSPS) is 10.8. The van der Waals surface area contributed by atoms with Crippen molar-refractivity contribution >= 4 is 33.9 Å². The van der Waals surface area contributed by atoms with Crippen molar-refractivity contribution in [1.82, 2.24) is 0 Å². The molecule has 6 heteroatoms. The van der Waals surface area contributed by atoms with Crippen molar-refractivity contribution < 1.29 is 9.15 Å². The summed E-state index contributed by atoms with van der Waals surface area (Å²) in [5.74, 6) is 0.882. The highest BCUT2D eigenvalue weighted by atomic mass is 35.5. The number of hydrogen-bond acceptors (Lipinski definition) is 5. The summed E-state index contributed by atoms with van der Waals surface area (Å²) in [6, 6.07) is 20.0. The summed E-state index contributed by atoms with van der Waals surface area (Å²) in [4.78, 5) is 12.8. The van der Waals surface area contributed by atoms with Crippen molar-refractivity contribution in [2.24, 2.45) is 0 Å². The van der Waals surface area contributed by atoms with Gasteiger partial charge in [-0.05, 0) is 29.8 Å². The van der Waals surface area contributed by atoms with Gasteiger partial charge in [-0.3, -0.25) is 4.79 Å². The first-order valence-corrected chi connectivity index (χ1v) is 9.42. The van der Waals surface area contributed by atoms with Crippen molar-refractivity contribution in [2.45, 2.75) is 6.54 Å². The average Bonchev–Trinajstić information content (AvgIpc) is 2.73. The largest absolute Gasteiger partial charge is 0.495 e. The van der Waals surface area contributed by atoms with Crippen LogP contribution in [0.15, 0.2) is 75.9 Å². The van der Waals surface area contributed by atoms with Crippen LogP contribution in [0, 0.1) is 0 Å². The number of para-hydroxylation sites is 1. The number of benzene rings is 3. The predicted molar refractivity (Wildman–Crippen MR) is 118 cm³/mol. The lowest BCUT2D eigenvalue weighted by Gasteiger charge is -2.13. The number of nitrogens with two attached hydrogens (primary N) is 1. The standard InChI is InChI=1S/C23H19ClN2O3/c1-28-20-9-5-8-16(22(20)25)21-12-19(27)17-10-15(24)11-18(23(17)29-21)26-13-14-6-3-2-4-7-14/h2-12,26H,13,25H2,1H3. The highest BCUT2D eigenvalue weighted by molar-refractivity contribution is 6.31. The smallest absolute Gasteiger partial charge is 0.193 e. The molecule has 3 N–H and O–H groups in total. The van der Waals surface area contributed by atoms with Crippen LogP contribution in [-0.2, 0) is 6.54 Å². The minimum atomic E-state index is -0.200. The highest BCUT2D eigenvalue weighted by Gasteiger charge is 2.15. The molecule has 0 radical (unpaired) electrons. The van der Waals surface area contributed by atoms with Crippen LogP contribution in [0.4, 0.5) is 11.4 Å². The molecule has 29 heavy (non-hydrogen) atoms. The van der Waals surface area contributed by atoms with Gasteiger partial charge in [0.15, 0.2) is 11.0 Å². The molecule has 0 aliphatic carbocycles. The van der Waals surface area contributed by atoms with Gasteiger partial charge in [0, 0.05) is 23.2 Å². The fourth-order valence-corrected chi connectivity index (χ4v) is 3.44. The summed E-state index contributed by atoms with van der Waals surface area (Å²) in [5.41, 5.74) is 9.15. The Morgan fingerprint density at radius 1 is 1.07 bits per heavy atom. The Balaban J connectivity index is 1.84. The van der Waals surface area contributed by atoms with Gasteiger partial charge in [0.25, 0.3) is 0 Å². The fourth-order valence-electron chi connectivity index (χ4n) is 3.22. The number of fused-ring (bicyclic) bond motifs is 1. The lowest BCUT2D eigenvalue weighted by molar-refractivity contribution is 0.417. The van der Waals surface area contributed by atoms with Crippen molar-refractivity contribution in [1.29, 1.82) is 0 Å². The van der Waals surface area contributed by atoms with Crippen molar-refractivity contribution in [2.75, 3.05) is 18.2 Å². The van der Waals surface area contributed by atoms with Crippen LogP contribution in [0.1, 0.15) is 5.56 Å². The van der Waals surface area contributed by atoms with Crippen LogP contribution < -0.4 is 21.2 Å². The molecule has 146 valence electrons. The van der Waals surface area contributed by atoms with Gasteiger partial charge in [-0.25, -0.2) is 0 Å². The van der Waals surface area contributed by atoms with E-state index in [9.17, 15) is 4.79 Å². The number of anilines is 2. The Kier molecular flexibility index (Phi) is 5.14. The number of hydrogen-bond donors (Lipinski definition) is 2. The Morgan fingerprint density at radius 3 is 2.62 bits per heavy atom. The fraction of sp³-hybridized carbons (Fsp3) is 0.0870. The molecule has 4 rings (SSSR count). The van der Waals surface area contributed by atoms with Crippen molar-refractivity contribution in [3.05, 3.63) is 87.5 Å². The molecule has 0 atom stereocenters. The lowest BCUT2D eigenvalue weighted by Crippen LogP contribution is -2.05. The van der Waals surface area contributed by atoms with Crippen molar-refractivity contribution in [3.63, 3.8) is 0 Å². The van der Waals surface area contributed by atoms with Gasteiger partial charge >= 0.3 is 0 Å². The third-order valence-corrected chi connectivity index (χ3v) is 4.89. The molecule has 0 aliphatic rings. The molecule has 4 aromatic rings. The lowest BCUT2D eigenvalue weighted by atomic mass is 10.1. The summed E-state index contributed by atoms with van der Waals surface area (Å²) >= 11 is 6.24. The number of ether oxygens (including phenoxy) is 1. The first-order valence-electron chi connectivity index (χ1n) is 9.05. The van der Waals surface area contributed by atoms with Gasteiger partial charge < -0.3 is 20.2 Å². The van der Waals surface area contributed by atoms with E-state index in [1.165, 1.54) is 6.07 Å². The van der Waals surface area contributed by atoms with E-state index in [1.54, 1.807) is 37.4 Å². The zero-order valence-electron chi connectivity index (χ0n) is 15.7. The van der Waals surface area contributed by atoms with E-state index in [-0.39, 0.29) is 5.43 Å². The molecule has 0 bridgehead atoms. The van der Waals surface area contributed by atoms with Gasteiger partial charge in [-0.1, -0.05) is 48.0 Å². The number of rotatable bonds is 5. The second-order valence-corrected chi connectivity index (χ2v) is 7.00. The molecule has 0 fully saturated rings. The van der Waals surface area contributed by atoms with Crippen LogP contribution >= 0.6 is 11.6 Å². The summed E-state index contributed by atoms with van der Waals surface area (Å²) < 4.78 is 11.4. The van der Waals surface area contributed by atoms with E-state index in [0.29, 0.717) is 51.0 Å². The zero-order valence-corrected chi connectivity index (χ0v) is 16.5. The van der Waals surface area contributed by atoms with E-state index in [4.69, 9.17) is 26.5 Å². The highest BCUT2D eigenvalue weighted by Crippen LogP contribution is 2.35. The van der Waals surface area contributed by atoms with Gasteiger partial charge in [0.1, 0.15) is 11.5 Å². The molecule has 0 saturated heterocycles. The molecule has 0 saturated carbocycles. The summed E-state index contributed by atoms with van der Waals surface area (Å²) in [6.45, 7) is 0.561. The summed E-state index contributed by atoms with van der Waals surface area (Å²) in [5, 5.41) is 4.17. The van der Waals surface area contributed by atoms with E-state index in [1.807, 2.05) is 30.3 Å². The van der Waals surface area contributed by atoms with Crippen LogP contribution in [-0.4, -0.2) is 7.11 Å². The van der Waals surface area contributed by atoms with Crippen LogP contribution in [0.25, 0.3) is 22.3 Å². The molecule has 1 heterocycles. The molecule has 0 spiro atoms. The van der Waals surface area contributed by atoms with Gasteiger partial charge in [0.2, 0.25) is 0 Å². The monoisotopic (exact) mass is 406 g/mol. The topological polar surface area (TPSA) is 77.5 Å². The Labute approximate surface area is 172 Å². The second-order valence-electron chi connectivity index (χ2n) is 6.57. The molecular formula is C23H19ClN2O3. The van der Waals surface area contributed by atoms with E-state index >= 15 is 0 Å². The first kappa shape index (κ1) is 18.9. The molecule has 0 unspecified atom stereocenters. The van der Waals surface area contributed by atoms with Crippen molar-refractivity contribution in [3.8, 4) is 17.1 Å². The van der Waals surface area contributed by atoms with E-state index in [2.05, 4.69) is 5.32 Å². The van der Waals surface area contributed by atoms with Crippen LogP contribution in [0.3, 0.4) is 0 Å². The maximum Gasteiger partial charge on any atom is 0.193 e. The molecule has 1 aromatic heterocycles. The Morgan fingerprint density at radius 2 is 1.86 bits per heavy atom. The molecule has 3 aromatic carbocycles. The van der Waals surface area contributed by atoms with Gasteiger partial charge in [-0.15, -0.1) is 0 Å². The number of nitrogens with one attached hydrogen (secondary N) is 1. The Bertz CT molecular complexity index is 1240. The van der Waals surface area contributed by atoms with Crippen LogP contribution in [0.2, 0.25) is 5.02 Å². The average molecular weight is 407 g/mol. The first-order chi connectivity index (χ1) is 14.1. The summed E-state index contributed by atoms with van der Waals surface area (Å²) in [7, 11) is 1.54. The van der Waals surface area contributed by atoms with E-state index < -0.39 is 0 Å². The third-order valence-electron chi connectivity index (χ3n) is 4.67. The molecule has 5 nitrogen and oxygen atoms in total. The molecule has 0 amide bonds. The third kappa shape index (κ3) is 3.77. The summed E-state index contributed by atoms with van der Waals surface area (Å²) in [6.07, 6.45) is 0. The predicted octanol–water partition coefficient (Wildman–Crippen LogP) is 5.32. The van der Waals surface area contributed by atoms with E-state index in [0.717, 1.165) is 5.56 Å². The number of nitrogen functional groups attached to an aromatic ring is 1. The number of halogens is 1. The molecule has 0 aliphatic heterocycles. The Hall–Kier alpha value is -3.44. The maximum absolute atomic E-state index is 12.8. The zero-order chi connectivity index (χ0) is 20.4. The van der Waals surface area contributed by atoms with Crippen LogP contribution in [0.5, 0.6) is 5.75 Å². The molecular weight excluding hydrogens is 388 g/mol. The maximum atomic E-state index is 12.8. The van der Waals surface area contributed by atoms with Gasteiger partial charge in [0.05, 0.1) is 23.9 Å². The number of methoxy groups -OCH3 is 1. The van der Waals surface area contributed by atoms with Gasteiger partial charge in [-0.2, -0.15) is 0 Å². The second kappa shape index (κ2) is 7.89. The quantitative estimate of drug-likeness (QED) is 0.439. The minimum absolute atomic E-state index is 0.200.